The summed E-state index contributed by atoms with van der Waals surface area (Å²) in [5, 5.41) is -0.287. The molecule has 0 aromatic carbocycles. The van der Waals surface area contributed by atoms with Gasteiger partial charge in [-0.05, 0) is 25.2 Å². The van der Waals surface area contributed by atoms with E-state index in [1.165, 1.54) is 0 Å². The molecule has 0 saturated carbocycles. The smallest absolute Gasteiger partial charge is 0.214 e. The molecule has 0 radical (unpaired) electrons. The first kappa shape index (κ1) is 15.2. The van der Waals surface area contributed by atoms with Crippen molar-refractivity contribution < 1.29 is 13.2 Å². The Balaban J connectivity index is 2.42. The second kappa shape index (κ2) is 7.56. The van der Waals surface area contributed by atoms with Crippen molar-refractivity contribution >= 4 is 21.6 Å². The molecule has 1 fully saturated rings. The van der Waals surface area contributed by atoms with Crippen LogP contribution in [0.1, 0.15) is 32.6 Å². The van der Waals surface area contributed by atoms with Crippen LogP contribution in [0.2, 0.25) is 0 Å². The highest BCUT2D eigenvalue weighted by Gasteiger charge is 2.27. The van der Waals surface area contributed by atoms with E-state index in [1.807, 2.05) is 0 Å². The van der Waals surface area contributed by atoms with Crippen molar-refractivity contribution in [1.29, 1.82) is 0 Å². The Hall–Kier alpha value is 0.160. The predicted molar refractivity (Wildman–Crippen MR) is 69.9 cm³/mol. The summed E-state index contributed by atoms with van der Waals surface area (Å²) >= 11 is 5.68. The van der Waals surface area contributed by atoms with Gasteiger partial charge in [0.25, 0.3) is 0 Å². The molecule has 0 aromatic heterocycles. The normalized spacial score (nSPS) is 20.4. The van der Waals surface area contributed by atoms with Gasteiger partial charge in [0.1, 0.15) is 0 Å². The van der Waals surface area contributed by atoms with Crippen LogP contribution in [0.4, 0.5) is 0 Å². The van der Waals surface area contributed by atoms with E-state index in [9.17, 15) is 8.42 Å². The SMILES string of the molecule is CCC(CCCl)CNS(=O)(=O)C1CCOCC1. The third kappa shape index (κ3) is 5.12. The number of ether oxygens (including phenoxy) is 1. The summed E-state index contributed by atoms with van der Waals surface area (Å²) in [4.78, 5) is 0. The summed E-state index contributed by atoms with van der Waals surface area (Å²) in [6.45, 7) is 3.65. The van der Waals surface area contributed by atoms with Gasteiger partial charge in [0.05, 0.1) is 5.25 Å². The third-order valence-electron chi connectivity index (χ3n) is 3.28. The Morgan fingerprint density at radius 3 is 2.59 bits per heavy atom. The number of hydrogen-bond acceptors (Lipinski definition) is 3. The van der Waals surface area contributed by atoms with Gasteiger partial charge in [-0.25, -0.2) is 13.1 Å². The molecule has 102 valence electrons. The standard InChI is InChI=1S/C11H22ClNO3S/c1-2-10(3-6-12)9-13-17(14,15)11-4-7-16-8-5-11/h10-11,13H,2-9H2,1H3. The molecule has 6 heteroatoms. The maximum atomic E-state index is 12.0. The molecule has 1 unspecified atom stereocenters. The van der Waals surface area contributed by atoms with Crippen LogP contribution in [-0.4, -0.2) is 39.3 Å². The fourth-order valence-electron chi connectivity index (χ4n) is 1.94. The minimum Gasteiger partial charge on any atom is -0.381 e. The van der Waals surface area contributed by atoms with E-state index in [-0.39, 0.29) is 5.25 Å². The molecule has 0 aliphatic carbocycles. The van der Waals surface area contributed by atoms with Crippen LogP contribution in [0, 0.1) is 5.92 Å². The average Bonchev–Trinajstić information content (AvgIpc) is 2.35. The average molecular weight is 284 g/mol. The highest BCUT2D eigenvalue weighted by Crippen LogP contribution is 2.16. The van der Waals surface area contributed by atoms with Crippen molar-refractivity contribution in [3.8, 4) is 0 Å². The van der Waals surface area contributed by atoms with Gasteiger partial charge < -0.3 is 4.74 Å². The zero-order valence-corrected chi connectivity index (χ0v) is 11.9. The highest BCUT2D eigenvalue weighted by atomic mass is 35.5. The van der Waals surface area contributed by atoms with Crippen molar-refractivity contribution in [2.75, 3.05) is 25.6 Å². The third-order valence-corrected chi connectivity index (χ3v) is 5.41. The molecule has 1 aliphatic rings. The zero-order chi connectivity index (χ0) is 12.7. The van der Waals surface area contributed by atoms with Gasteiger partial charge in [-0.15, -0.1) is 11.6 Å². The molecule has 4 nitrogen and oxygen atoms in total. The Morgan fingerprint density at radius 2 is 2.06 bits per heavy atom. The lowest BCUT2D eigenvalue weighted by molar-refractivity contribution is 0.0981. The van der Waals surface area contributed by atoms with E-state index in [4.69, 9.17) is 16.3 Å². The number of hydrogen-bond donors (Lipinski definition) is 1. The van der Waals surface area contributed by atoms with Crippen molar-refractivity contribution in [3.05, 3.63) is 0 Å². The molecular formula is C11H22ClNO3S. The van der Waals surface area contributed by atoms with E-state index >= 15 is 0 Å². The number of sulfonamides is 1. The van der Waals surface area contributed by atoms with Crippen molar-refractivity contribution in [2.24, 2.45) is 5.92 Å². The summed E-state index contributed by atoms with van der Waals surface area (Å²) in [5.41, 5.74) is 0. The fraction of sp³-hybridized carbons (Fsp3) is 1.00. The summed E-state index contributed by atoms with van der Waals surface area (Å²) in [7, 11) is -3.18. The summed E-state index contributed by atoms with van der Waals surface area (Å²) in [5.74, 6) is 0.916. The highest BCUT2D eigenvalue weighted by molar-refractivity contribution is 7.90. The largest absolute Gasteiger partial charge is 0.381 e. The van der Waals surface area contributed by atoms with Crippen LogP contribution >= 0.6 is 11.6 Å². The Labute approximate surface area is 109 Å². The van der Waals surface area contributed by atoms with Crippen LogP contribution in [-0.2, 0) is 14.8 Å². The lowest BCUT2D eigenvalue weighted by Gasteiger charge is -2.23. The summed E-state index contributed by atoms with van der Waals surface area (Å²) in [6, 6.07) is 0. The molecule has 0 aromatic rings. The number of rotatable bonds is 7. The van der Waals surface area contributed by atoms with E-state index in [2.05, 4.69) is 11.6 Å². The maximum Gasteiger partial charge on any atom is 0.214 e. The lowest BCUT2D eigenvalue weighted by atomic mass is 10.0. The molecule has 1 rings (SSSR count). The lowest BCUT2D eigenvalue weighted by Crippen LogP contribution is -2.40. The molecule has 0 spiro atoms. The first-order valence-corrected chi connectivity index (χ1v) is 8.30. The van der Waals surface area contributed by atoms with Crippen molar-refractivity contribution in [2.45, 2.75) is 37.9 Å². The van der Waals surface area contributed by atoms with Crippen LogP contribution in [0.5, 0.6) is 0 Å². The molecule has 1 saturated heterocycles. The van der Waals surface area contributed by atoms with Crippen LogP contribution in [0.25, 0.3) is 0 Å². The number of nitrogens with one attached hydrogen (secondary N) is 1. The molecule has 1 aliphatic heterocycles. The topological polar surface area (TPSA) is 55.4 Å². The van der Waals surface area contributed by atoms with E-state index in [1.54, 1.807) is 0 Å². The zero-order valence-electron chi connectivity index (χ0n) is 10.3. The van der Waals surface area contributed by atoms with Gasteiger partial charge >= 0.3 is 0 Å². The molecular weight excluding hydrogens is 262 g/mol. The van der Waals surface area contributed by atoms with Gasteiger partial charge in [-0.3, -0.25) is 0 Å². The molecule has 0 bridgehead atoms. The molecule has 0 amide bonds. The predicted octanol–water partition coefficient (Wildman–Crippen LogP) is 1.74. The second-order valence-corrected chi connectivity index (χ2v) is 6.88. The summed E-state index contributed by atoms with van der Waals surface area (Å²) < 4.78 is 31.9. The Kier molecular flexibility index (Phi) is 6.77. The minimum atomic E-state index is -3.18. The van der Waals surface area contributed by atoms with Crippen molar-refractivity contribution in [1.82, 2.24) is 4.72 Å². The number of alkyl halides is 1. The monoisotopic (exact) mass is 283 g/mol. The van der Waals surface area contributed by atoms with Crippen LogP contribution < -0.4 is 4.72 Å². The molecule has 1 heterocycles. The van der Waals surface area contributed by atoms with Gasteiger partial charge in [-0.1, -0.05) is 13.3 Å². The van der Waals surface area contributed by atoms with Gasteiger partial charge in [0.15, 0.2) is 0 Å². The quantitative estimate of drug-likeness (QED) is 0.724. The number of halogens is 1. The Bertz CT molecular complexity index is 302. The summed E-state index contributed by atoms with van der Waals surface area (Å²) in [6.07, 6.45) is 3.00. The van der Waals surface area contributed by atoms with Gasteiger partial charge in [-0.2, -0.15) is 0 Å². The molecule has 1 atom stereocenters. The molecule has 1 N–H and O–H groups in total. The minimum absolute atomic E-state index is 0.287. The van der Waals surface area contributed by atoms with E-state index in [0.717, 1.165) is 12.8 Å². The van der Waals surface area contributed by atoms with Crippen LogP contribution in [0.3, 0.4) is 0 Å². The van der Waals surface area contributed by atoms with Gasteiger partial charge in [0.2, 0.25) is 10.0 Å². The first-order chi connectivity index (χ1) is 8.10. The molecule has 17 heavy (non-hydrogen) atoms. The van der Waals surface area contributed by atoms with Crippen LogP contribution in [0.15, 0.2) is 0 Å². The Morgan fingerprint density at radius 1 is 1.41 bits per heavy atom. The van der Waals surface area contributed by atoms with Gasteiger partial charge in [0, 0.05) is 25.6 Å². The maximum absolute atomic E-state index is 12.0. The van der Waals surface area contributed by atoms with E-state index in [0.29, 0.717) is 44.4 Å². The second-order valence-electron chi connectivity index (χ2n) is 4.46. The first-order valence-electron chi connectivity index (χ1n) is 6.22. The van der Waals surface area contributed by atoms with E-state index < -0.39 is 10.0 Å². The van der Waals surface area contributed by atoms with Crippen molar-refractivity contribution in [3.63, 3.8) is 0 Å². The fourth-order valence-corrected chi connectivity index (χ4v) is 3.77.